The van der Waals surface area contributed by atoms with Crippen molar-refractivity contribution in [3.8, 4) is 5.75 Å². The maximum atomic E-state index is 5.26. The van der Waals surface area contributed by atoms with Crippen LogP contribution in [0.4, 0.5) is 0 Å². The Labute approximate surface area is 134 Å². The van der Waals surface area contributed by atoms with Gasteiger partial charge in [-0.3, -0.25) is 4.68 Å². The first-order valence-corrected chi connectivity index (χ1v) is 7.93. The summed E-state index contributed by atoms with van der Waals surface area (Å²) < 4.78 is 8.25. The fourth-order valence-electron chi connectivity index (χ4n) is 2.12. The van der Waals surface area contributed by atoms with Crippen LogP contribution in [-0.2, 0) is 13.1 Å². The first-order valence-electron chi connectivity index (χ1n) is 7.14. The molecule has 0 atom stereocenters. The van der Waals surface area contributed by atoms with Crippen LogP contribution < -0.4 is 10.1 Å². The molecule has 21 heavy (non-hydrogen) atoms. The Morgan fingerprint density at radius 3 is 2.81 bits per heavy atom. The molecule has 0 aliphatic heterocycles. The molecule has 4 nitrogen and oxygen atoms in total. The summed E-state index contributed by atoms with van der Waals surface area (Å²) in [7, 11) is 1.67. The van der Waals surface area contributed by atoms with E-state index in [-0.39, 0.29) is 0 Å². The van der Waals surface area contributed by atoms with Crippen LogP contribution in [0.1, 0.15) is 25.1 Å². The van der Waals surface area contributed by atoms with Gasteiger partial charge in [0.25, 0.3) is 0 Å². The number of hydrogen-bond donors (Lipinski definition) is 1. The highest BCUT2D eigenvalue weighted by Gasteiger charge is 2.06. The van der Waals surface area contributed by atoms with Crippen LogP contribution >= 0.6 is 15.9 Å². The highest BCUT2D eigenvalue weighted by molar-refractivity contribution is 9.10. The van der Waals surface area contributed by atoms with E-state index in [0.29, 0.717) is 5.92 Å². The largest absolute Gasteiger partial charge is 0.496 e. The molecule has 0 spiro atoms. The van der Waals surface area contributed by atoms with Crippen LogP contribution in [0.2, 0.25) is 0 Å². The third-order valence-electron chi connectivity index (χ3n) is 3.21. The topological polar surface area (TPSA) is 39.1 Å². The summed E-state index contributed by atoms with van der Waals surface area (Å²) in [4.78, 5) is 0. The lowest BCUT2D eigenvalue weighted by molar-refractivity contribution is 0.412. The second kappa shape index (κ2) is 7.61. The van der Waals surface area contributed by atoms with E-state index in [1.54, 1.807) is 7.11 Å². The van der Waals surface area contributed by atoms with E-state index >= 15 is 0 Å². The molecule has 0 amide bonds. The number of hydrogen-bond acceptors (Lipinski definition) is 3. The van der Waals surface area contributed by atoms with Gasteiger partial charge < -0.3 is 10.1 Å². The van der Waals surface area contributed by atoms with E-state index in [1.807, 2.05) is 16.9 Å². The monoisotopic (exact) mass is 351 g/mol. The zero-order valence-electron chi connectivity index (χ0n) is 12.8. The second-order valence-electron chi connectivity index (χ2n) is 5.47. The molecule has 1 heterocycles. The van der Waals surface area contributed by atoms with Gasteiger partial charge in [0.05, 0.1) is 23.8 Å². The van der Waals surface area contributed by atoms with E-state index in [1.165, 1.54) is 11.3 Å². The molecule has 0 radical (unpaired) electrons. The molecule has 1 N–H and O–H groups in total. The van der Waals surface area contributed by atoms with E-state index in [4.69, 9.17) is 4.74 Å². The Bertz CT molecular complexity index is 581. The molecule has 0 saturated carbocycles. The summed E-state index contributed by atoms with van der Waals surface area (Å²) in [6.45, 7) is 7.03. The van der Waals surface area contributed by atoms with Gasteiger partial charge in [-0.1, -0.05) is 19.9 Å². The lowest BCUT2D eigenvalue weighted by Gasteiger charge is -2.11. The molecule has 2 aromatic rings. The number of methoxy groups -OCH3 is 1. The first-order chi connectivity index (χ1) is 10.1. The smallest absolute Gasteiger partial charge is 0.133 e. The lowest BCUT2D eigenvalue weighted by atomic mass is 10.2. The van der Waals surface area contributed by atoms with Crippen molar-refractivity contribution in [3.63, 3.8) is 0 Å². The molecule has 1 aromatic heterocycles. The molecule has 0 aliphatic rings. The van der Waals surface area contributed by atoms with Crippen LogP contribution in [0.25, 0.3) is 0 Å². The number of benzene rings is 1. The molecule has 5 heteroatoms. The minimum absolute atomic E-state index is 0.652. The Morgan fingerprint density at radius 1 is 1.33 bits per heavy atom. The van der Waals surface area contributed by atoms with Crippen molar-refractivity contribution in [2.75, 3.05) is 13.7 Å². The highest BCUT2D eigenvalue weighted by atomic mass is 79.9. The van der Waals surface area contributed by atoms with Crippen molar-refractivity contribution >= 4 is 15.9 Å². The van der Waals surface area contributed by atoms with E-state index < -0.39 is 0 Å². The van der Waals surface area contributed by atoms with Gasteiger partial charge in [0, 0.05) is 12.7 Å². The predicted octanol–water partition coefficient (Wildman–Crippen LogP) is 3.45. The van der Waals surface area contributed by atoms with Crippen molar-refractivity contribution in [2.45, 2.75) is 26.9 Å². The Morgan fingerprint density at radius 2 is 2.14 bits per heavy atom. The van der Waals surface area contributed by atoms with Crippen LogP contribution in [0.3, 0.4) is 0 Å². The average Bonchev–Trinajstić information content (AvgIpc) is 2.86. The van der Waals surface area contributed by atoms with Gasteiger partial charge in [-0.05, 0) is 52.2 Å². The van der Waals surface area contributed by atoms with Gasteiger partial charge in [-0.25, -0.2) is 0 Å². The zero-order chi connectivity index (χ0) is 15.2. The van der Waals surface area contributed by atoms with Crippen LogP contribution in [0.5, 0.6) is 5.75 Å². The standard InChI is InChI=1S/C16H22BrN3O/c1-12(2)9-18-10-14-6-7-19-20(14)11-13-4-5-16(21-3)15(17)8-13/h4-8,12,18H,9-11H2,1-3H3. The maximum Gasteiger partial charge on any atom is 0.133 e. The third kappa shape index (κ3) is 4.58. The normalized spacial score (nSPS) is 11.1. The molecule has 1 aromatic carbocycles. The summed E-state index contributed by atoms with van der Waals surface area (Å²) in [5.41, 5.74) is 2.39. The van der Waals surface area contributed by atoms with Gasteiger partial charge in [0.2, 0.25) is 0 Å². The summed E-state index contributed by atoms with van der Waals surface area (Å²) >= 11 is 3.52. The molecule has 0 fully saturated rings. The molecule has 0 bridgehead atoms. The molecule has 114 valence electrons. The minimum Gasteiger partial charge on any atom is -0.496 e. The van der Waals surface area contributed by atoms with Crippen LogP contribution in [0, 0.1) is 5.92 Å². The van der Waals surface area contributed by atoms with Crippen molar-refractivity contribution in [1.82, 2.24) is 15.1 Å². The minimum atomic E-state index is 0.652. The first kappa shape index (κ1) is 16.0. The average molecular weight is 352 g/mol. The number of ether oxygens (including phenoxy) is 1. The number of nitrogens with zero attached hydrogens (tertiary/aromatic N) is 2. The van der Waals surface area contributed by atoms with Gasteiger partial charge in [-0.15, -0.1) is 0 Å². The molecule has 0 saturated heterocycles. The van der Waals surface area contributed by atoms with E-state index in [9.17, 15) is 0 Å². The number of rotatable bonds is 7. The van der Waals surface area contributed by atoms with Crippen molar-refractivity contribution in [1.29, 1.82) is 0 Å². The van der Waals surface area contributed by atoms with Gasteiger partial charge >= 0.3 is 0 Å². The lowest BCUT2D eigenvalue weighted by Crippen LogP contribution is -2.21. The van der Waals surface area contributed by atoms with Crippen LogP contribution in [0.15, 0.2) is 34.9 Å². The number of aromatic nitrogens is 2. The highest BCUT2D eigenvalue weighted by Crippen LogP contribution is 2.25. The molecular weight excluding hydrogens is 330 g/mol. The van der Waals surface area contributed by atoms with Crippen LogP contribution in [-0.4, -0.2) is 23.4 Å². The summed E-state index contributed by atoms with van der Waals surface area (Å²) in [5.74, 6) is 1.50. The molecule has 2 rings (SSSR count). The van der Waals surface area contributed by atoms with Gasteiger partial charge in [0.1, 0.15) is 5.75 Å². The third-order valence-corrected chi connectivity index (χ3v) is 3.83. The molecule has 0 unspecified atom stereocenters. The number of nitrogens with one attached hydrogen (secondary N) is 1. The Hall–Kier alpha value is -1.33. The quantitative estimate of drug-likeness (QED) is 0.830. The van der Waals surface area contributed by atoms with Crippen molar-refractivity contribution in [2.24, 2.45) is 5.92 Å². The number of halogens is 1. The summed E-state index contributed by atoms with van der Waals surface area (Å²) in [5, 5.41) is 7.86. The summed E-state index contributed by atoms with van der Waals surface area (Å²) in [6, 6.07) is 8.17. The SMILES string of the molecule is COc1ccc(Cn2nccc2CNCC(C)C)cc1Br. The van der Waals surface area contributed by atoms with Gasteiger partial charge in [-0.2, -0.15) is 5.10 Å². The maximum absolute atomic E-state index is 5.26. The van der Waals surface area contributed by atoms with Gasteiger partial charge in [0.15, 0.2) is 0 Å². The van der Waals surface area contributed by atoms with E-state index in [0.717, 1.165) is 29.9 Å². The fourth-order valence-corrected chi connectivity index (χ4v) is 2.71. The second-order valence-corrected chi connectivity index (χ2v) is 6.33. The zero-order valence-corrected chi connectivity index (χ0v) is 14.4. The van der Waals surface area contributed by atoms with E-state index in [2.05, 4.69) is 58.4 Å². The predicted molar refractivity (Wildman–Crippen MR) is 88.6 cm³/mol. The van der Waals surface area contributed by atoms with Crippen molar-refractivity contribution < 1.29 is 4.74 Å². The Balaban J connectivity index is 2.03. The van der Waals surface area contributed by atoms with Crippen molar-refractivity contribution in [3.05, 3.63) is 46.2 Å². The fraction of sp³-hybridized carbons (Fsp3) is 0.438. The summed E-state index contributed by atoms with van der Waals surface area (Å²) in [6.07, 6.45) is 1.85. The molecular formula is C16H22BrN3O. The molecule has 0 aliphatic carbocycles. The Kier molecular flexibility index (Phi) is 5.82.